The molecule has 0 spiro atoms. The number of aromatic nitrogens is 4. The van der Waals surface area contributed by atoms with Crippen LogP contribution in [0.2, 0.25) is 5.02 Å². The number of fused-ring (bicyclic) bond motifs is 1. The van der Waals surface area contributed by atoms with Crippen LogP contribution in [0.4, 0.5) is 11.5 Å². The molecule has 0 saturated carbocycles. The lowest BCUT2D eigenvalue weighted by Crippen LogP contribution is -2.43. The molecule has 0 saturated heterocycles. The summed E-state index contributed by atoms with van der Waals surface area (Å²) in [5, 5.41) is 1.36. The number of rotatable bonds is 6. The summed E-state index contributed by atoms with van der Waals surface area (Å²) in [5.74, 6) is 0.0701. The lowest BCUT2D eigenvalue weighted by molar-refractivity contribution is -0.119. The third-order valence-electron chi connectivity index (χ3n) is 4.90. The van der Waals surface area contributed by atoms with Crippen LogP contribution in [0.15, 0.2) is 55.1 Å². The van der Waals surface area contributed by atoms with Crippen LogP contribution in [0.3, 0.4) is 0 Å². The minimum absolute atomic E-state index is 0.420. The third-order valence-corrected chi connectivity index (χ3v) is 5.11. The van der Waals surface area contributed by atoms with Gasteiger partial charge in [0.2, 0.25) is 5.91 Å². The second-order valence-corrected chi connectivity index (χ2v) is 7.40. The number of hydrogen-bond acceptors (Lipinski definition) is 6. The zero-order chi connectivity index (χ0) is 21.3. The van der Waals surface area contributed by atoms with Gasteiger partial charge in [-0.1, -0.05) is 23.7 Å². The molecule has 0 aliphatic carbocycles. The van der Waals surface area contributed by atoms with Gasteiger partial charge in [-0.25, -0.2) is 9.97 Å². The molecule has 3 heterocycles. The van der Waals surface area contributed by atoms with Gasteiger partial charge in [-0.2, -0.15) is 0 Å². The zero-order valence-electron chi connectivity index (χ0n) is 16.2. The maximum atomic E-state index is 12.0. The smallest absolute Gasteiger partial charge is 0.239 e. The number of primary amides is 1. The molecule has 4 aromatic rings. The number of H-pyrrole nitrogens is 1. The maximum absolute atomic E-state index is 12.0. The van der Waals surface area contributed by atoms with E-state index in [1.807, 2.05) is 41.4 Å². The van der Waals surface area contributed by atoms with E-state index in [1.165, 1.54) is 0 Å². The number of carbonyl (C=O) groups excluding carboxylic acids is 1. The lowest BCUT2D eigenvalue weighted by atomic mass is 10.1. The summed E-state index contributed by atoms with van der Waals surface area (Å²) < 4.78 is 0. The summed E-state index contributed by atoms with van der Waals surface area (Å²) in [6.45, 7) is 2.16. The Hall–Kier alpha value is -3.65. The van der Waals surface area contributed by atoms with Crippen LogP contribution in [-0.2, 0) is 11.3 Å². The van der Waals surface area contributed by atoms with Crippen molar-refractivity contribution in [3.8, 4) is 11.3 Å². The first kappa shape index (κ1) is 19.7. The van der Waals surface area contributed by atoms with Gasteiger partial charge in [-0.3, -0.25) is 9.78 Å². The van der Waals surface area contributed by atoms with Crippen molar-refractivity contribution < 1.29 is 4.79 Å². The van der Waals surface area contributed by atoms with E-state index in [9.17, 15) is 4.79 Å². The Bertz CT molecular complexity index is 1210. The fourth-order valence-electron chi connectivity index (χ4n) is 3.20. The number of nitrogens with zero attached hydrogens (tertiary/aromatic N) is 4. The molecule has 1 amide bonds. The molecule has 3 aromatic heterocycles. The number of halogens is 1. The van der Waals surface area contributed by atoms with Gasteiger partial charge in [0.05, 0.1) is 23.1 Å². The van der Waals surface area contributed by atoms with Crippen molar-refractivity contribution in [3.63, 3.8) is 0 Å². The first-order valence-corrected chi connectivity index (χ1v) is 9.65. The Morgan fingerprint density at radius 1 is 1.23 bits per heavy atom. The summed E-state index contributed by atoms with van der Waals surface area (Å²) in [5.41, 5.74) is 15.2. The van der Waals surface area contributed by atoms with Gasteiger partial charge in [0.15, 0.2) is 0 Å². The number of carbonyl (C=O) groups is 1. The lowest BCUT2D eigenvalue weighted by Gasteiger charge is -2.28. The van der Waals surface area contributed by atoms with Crippen molar-refractivity contribution in [1.29, 1.82) is 0 Å². The number of amides is 1. The molecule has 5 N–H and O–H groups in total. The van der Waals surface area contributed by atoms with Crippen LogP contribution >= 0.6 is 11.6 Å². The standard InChI is InChI=1S/C21H20ClN7O/c1-12(20(24)30)29(11-13-2-4-15(23)5-3-13)19-10-25-9-18(28-19)17-8-27-21-16(17)6-14(22)7-26-21/h2-10,12H,11,23H2,1H3,(H2,24,30)(H,26,27)/t12-/m1/s1. The summed E-state index contributed by atoms with van der Waals surface area (Å²) in [6, 6.07) is 8.66. The van der Waals surface area contributed by atoms with Crippen LogP contribution in [0.25, 0.3) is 22.3 Å². The zero-order valence-corrected chi connectivity index (χ0v) is 17.0. The number of nitrogens with two attached hydrogens (primary N) is 2. The fraction of sp³-hybridized carbons (Fsp3) is 0.143. The molecular weight excluding hydrogens is 402 g/mol. The van der Waals surface area contributed by atoms with Crippen LogP contribution in [0, 0.1) is 0 Å². The van der Waals surface area contributed by atoms with E-state index in [2.05, 4.69) is 15.0 Å². The molecule has 0 aliphatic heterocycles. The van der Waals surface area contributed by atoms with E-state index >= 15 is 0 Å². The highest BCUT2D eigenvalue weighted by atomic mass is 35.5. The average Bonchev–Trinajstić information content (AvgIpc) is 3.16. The number of aromatic amines is 1. The minimum Gasteiger partial charge on any atom is -0.399 e. The molecule has 8 nitrogen and oxygen atoms in total. The Morgan fingerprint density at radius 2 is 2.00 bits per heavy atom. The largest absolute Gasteiger partial charge is 0.399 e. The van der Waals surface area contributed by atoms with Crippen molar-refractivity contribution in [2.75, 3.05) is 10.6 Å². The second-order valence-electron chi connectivity index (χ2n) is 6.96. The summed E-state index contributed by atoms with van der Waals surface area (Å²) in [6.07, 6.45) is 6.66. The molecular formula is C21H20ClN7O. The number of hydrogen-bond donors (Lipinski definition) is 3. The van der Waals surface area contributed by atoms with Gasteiger partial charge in [-0.05, 0) is 30.7 Å². The highest BCUT2D eigenvalue weighted by Crippen LogP contribution is 2.29. The Labute approximate surface area is 177 Å². The number of pyridine rings is 1. The monoisotopic (exact) mass is 421 g/mol. The van der Waals surface area contributed by atoms with Crippen LogP contribution in [-0.4, -0.2) is 31.9 Å². The maximum Gasteiger partial charge on any atom is 0.239 e. The van der Waals surface area contributed by atoms with Gasteiger partial charge in [0.1, 0.15) is 17.5 Å². The molecule has 0 radical (unpaired) electrons. The molecule has 0 unspecified atom stereocenters. The molecule has 0 bridgehead atoms. The van der Waals surface area contributed by atoms with Crippen LogP contribution in [0.1, 0.15) is 12.5 Å². The van der Waals surface area contributed by atoms with Gasteiger partial charge in [0, 0.05) is 35.6 Å². The molecule has 9 heteroatoms. The van der Waals surface area contributed by atoms with Crippen molar-refractivity contribution in [2.24, 2.45) is 5.73 Å². The minimum atomic E-state index is -0.591. The third kappa shape index (κ3) is 3.90. The van der Waals surface area contributed by atoms with E-state index in [0.29, 0.717) is 34.4 Å². The predicted molar refractivity (Wildman–Crippen MR) is 118 cm³/mol. The second kappa shape index (κ2) is 8.00. The summed E-state index contributed by atoms with van der Waals surface area (Å²) in [7, 11) is 0. The van der Waals surface area contributed by atoms with Crippen molar-refractivity contribution >= 4 is 40.0 Å². The molecule has 1 aromatic carbocycles. The van der Waals surface area contributed by atoms with E-state index in [-0.39, 0.29) is 0 Å². The number of anilines is 2. The first-order chi connectivity index (χ1) is 14.4. The molecule has 4 rings (SSSR count). The molecule has 152 valence electrons. The average molecular weight is 422 g/mol. The van der Waals surface area contributed by atoms with E-state index in [4.69, 9.17) is 28.1 Å². The molecule has 1 atom stereocenters. The summed E-state index contributed by atoms with van der Waals surface area (Å²) in [4.78, 5) is 30.3. The quantitative estimate of drug-likeness (QED) is 0.410. The van der Waals surface area contributed by atoms with Gasteiger partial charge in [-0.15, -0.1) is 0 Å². The SMILES string of the molecule is C[C@H](C(N)=O)N(Cc1ccc(N)cc1)c1cncc(-c2c[nH]c3ncc(Cl)cc23)n1. The van der Waals surface area contributed by atoms with E-state index in [1.54, 1.807) is 25.5 Å². The molecule has 0 fully saturated rings. The number of nitrogens with one attached hydrogen (secondary N) is 1. The van der Waals surface area contributed by atoms with E-state index < -0.39 is 11.9 Å². The van der Waals surface area contributed by atoms with Crippen molar-refractivity contribution in [3.05, 3.63) is 65.7 Å². The van der Waals surface area contributed by atoms with Crippen LogP contribution < -0.4 is 16.4 Å². The van der Waals surface area contributed by atoms with Gasteiger partial charge < -0.3 is 21.4 Å². The fourth-order valence-corrected chi connectivity index (χ4v) is 3.36. The Morgan fingerprint density at radius 3 is 2.73 bits per heavy atom. The topological polar surface area (TPSA) is 127 Å². The van der Waals surface area contributed by atoms with Gasteiger partial charge >= 0.3 is 0 Å². The van der Waals surface area contributed by atoms with E-state index in [0.717, 1.165) is 16.5 Å². The number of benzene rings is 1. The normalized spacial score (nSPS) is 12.1. The predicted octanol–water partition coefficient (Wildman–Crippen LogP) is 3.14. The van der Waals surface area contributed by atoms with Crippen LogP contribution in [0.5, 0.6) is 0 Å². The Balaban J connectivity index is 1.75. The van der Waals surface area contributed by atoms with Gasteiger partial charge in [0.25, 0.3) is 0 Å². The van der Waals surface area contributed by atoms with Crippen molar-refractivity contribution in [1.82, 2.24) is 19.9 Å². The first-order valence-electron chi connectivity index (χ1n) is 9.28. The van der Waals surface area contributed by atoms with Crippen molar-refractivity contribution in [2.45, 2.75) is 19.5 Å². The number of nitrogen functional groups attached to an aromatic ring is 1. The Kier molecular flexibility index (Phi) is 5.24. The molecule has 30 heavy (non-hydrogen) atoms. The summed E-state index contributed by atoms with van der Waals surface area (Å²) >= 11 is 6.11. The highest BCUT2D eigenvalue weighted by molar-refractivity contribution is 6.31. The highest BCUT2D eigenvalue weighted by Gasteiger charge is 2.22. The molecule has 0 aliphatic rings.